The van der Waals surface area contributed by atoms with Crippen LogP contribution in [0.2, 0.25) is 0 Å². The molecular formula is C21H28NO3+. The first-order valence-electron chi connectivity index (χ1n) is 8.70. The Bertz CT molecular complexity index is 781. The highest BCUT2D eigenvalue weighted by Gasteiger charge is 2.17. The summed E-state index contributed by atoms with van der Waals surface area (Å²) in [6, 6.07) is 7.15. The van der Waals surface area contributed by atoms with Crippen LogP contribution in [0.5, 0.6) is 5.75 Å². The minimum atomic E-state index is -0.330. The van der Waals surface area contributed by atoms with Gasteiger partial charge in [0.2, 0.25) is 0 Å². The number of benzene rings is 1. The van der Waals surface area contributed by atoms with E-state index >= 15 is 0 Å². The van der Waals surface area contributed by atoms with Crippen molar-refractivity contribution in [2.75, 3.05) is 33.3 Å². The molecule has 134 valence electrons. The smallest absolute Gasteiger partial charge is 0.336 e. The maximum Gasteiger partial charge on any atom is 0.336 e. The summed E-state index contributed by atoms with van der Waals surface area (Å²) in [6.07, 6.45) is 5.97. The molecule has 1 heterocycles. The van der Waals surface area contributed by atoms with Crippen LogP contribution in [0.25, 0.3) is 11.0 Å². The first-order valence-corrected chi connectivity index (χ1v) is 8.70. The Labute approximate surface area is 149 Å². The number of likely N-dealkylation sites (N-methyl/N-ethyl adjacent to an activating group) is 1. The zero-order valence-corrected chi connectivity index (χ0v) is 15.3. The fourth-order valence-corrected chi connectivity index (χ4v) is 3.06. The molecule has 25 heavy (non-hydrogen) atoms. The van der Waals surface area contributed by atoms with Crippen molar-refractivity contribution in [3.05, 3.63) is 65.6 Å². The van der Waals surface area contributed by atoms with Crippen molar-refractivity contribution in [2.45, 2.75) is 19.8 Å². The molecule has 1 aromatic heterocycles. The minimum absolute atomic E-state index is 0.330. The fourth-order valence-electron chi connectivity index (χ4n) is 3.06. The molecule has 1 aromatic carbocycles. The molecule has 0 atom stereocenters. The number of nitrogens with zero attached hydrogens (tertiary/aromatic N) is 1. The molecule has 2 rings (SSSR count). The van der Waals surface area contributed by atoms with E-state index in [1.54, 1.807) is 6.07 Å². The van der Waals surface area contributed by atoms with E-state index in [2.05, 4.69) is 20.2 Å². The summed E-state index contributed by atoms with van der Waals surface area (Å²) in [5.74, 6) is 0.732. The lowest BCUT2D eigenvalue weighted by Gasteiger charge is -2.32. The largest absolute Gasteiger partial charge is 0.493 e. The van der Waals surface area contributed by atoms with E-state index in [1.807, 2.05) is 31.2 Å². The molecule has 0 amide bonds. The molecule has 0 N–H and O–H groups in total. The number of quaternary nitrogens is 1. The van der Waals surface area contributed by atoms with Crippen LogP contribution in [-0.2, 0) is 0 Å². The Morgan fingerprint density at radius 1 is 1.16 bits per heavy atom. The fraction of sp³-hybridized carbons (Fsp3) is 0.381. The van der Waals surface area contributed by atoms with Crippen LogP contribution < -0.4 is 10.4 Å². The highest BCUT2D eigenvalue weighted by Crippen LogP contribution is 2.22. The second kappa shape index (κ2) is 8.67. The number of aryl methyl sites for hydroxylation is 1. The van der Waals surface area contributed by atoms with Gasteiger partial charge in [0, 0.05) is 17.5 Å². The van der Waals surface area contributed by atoms with Crippen molar-refractivity contribution in [1.29, 1.82) is 0 Å². The van der Waals surface area contributed by atoms with Crippen LogP contribution in [-0.4, -0.2) is 37.8 Å². The van der Waals surface area contributed by atoms with Crippen LogP contribution in [0, 0.1) is 6.92 Å². The predicted octanol–water partition coefficient (Wildman–Crippen LogP) is 4.08. The van der Waals surface area contributed by atoms with E-state index < -0.39 is 0 Å². The molecule has 0 unspecified atom stereocenters. The maximum absolute atomic E-state index is 11.5. The normalized spacial score (nSPS) is 11.4. The molecule has 0 aliphatic heterocycles. The SMILES string of the molecule is C=CC[N+](C)(CC=C)CCCCOc1ccc2c(C)cc(=O)oc2c1. The average Bonchev–Trinajstić information content (AvgIpc) is 2.54. The first-order chi connectivity index (χ1) is 12.0. The third-order valence-electron chi connectivity index (χ3n) is 4.42. The van der Waals surface area contributed by atoms with E-state index in [-0.39, 0.29) is 5.63 Å². The number of rotatable bonds is 10. The molecule has 2 aromatic rings. The zero-order chi connectivity index (χ0) is 18.3. The number of fused-ring (bicyclic) bond motifs is 1. The van der Waals surface area contributed by atoms with Gasteiger partial charge >= 0.3 is 5.63 Å². The molecule has 0 fully saturated rings. The summed E-state index contributed by atoms with van der Waals surface area (Å²) in [6.45, 7) is 13.2. The Morgan fingerprint density at radius 2 is 1.88 bits per heavy atom. The van der Waals surface area contributed by atoms with Crippen LogP contribution in [0.15, 0.2) is 58.8 Å². The van der Waals surface area contributed by atoms with Gasteiger partial charge in [0.1, 0.15) is 11.3 Å². The lowest BCUT2D eigenvalue weighted by molar-refractivity contribution is -0.898. The van der Waals surface area contributed by atoms with Crippen molar-refractivity contribution >= 4 is 11.0 Å². The van der Waals surface area contributed by atoms with Gasteiger partial charge in [0.25, 0.3) is 0 Å². The van der Waals surface area contributed by atoms with Crippen molar-refractivity contribution in [1.82, 2.24) is 0 Å². The summed E-state index contributed by atoms with van der Waals surface area (Å²) >= 11 is 0. The second-order valence-corrected chi connectivity index (χ2v) is 6.75. The van der Waals surface area contributed by atoms with Gasteiger partial charge in [0.05, 0.1) is 33.3 Å². The molecule has 4 heteroatoms. The monoisotopic (exact) mass is 342 g/mol. The zero-order valence-electron chi connectivity index (χ0n) is 15.3. The van der Waals surface area contributed by atoms with Crippen LogP contribution in [0.4, 0.5) is 0 Å². The van der Waals surface area contributed by atoms with Gasteiger partial charge in [-0.25, -0.2) is 4.79 Å². The summed E-state index contributed by atoms with van der Waals surface area (Å²) in [7, 11) is 2.22. The first kappa shape index (κ1) is 19.0. The number of hydrogen-bond donors (Lipinski definition) is 0. The van der Waals surface area contributed by atoms with Crippen LogP contribution >= 0.6 is 0 Å². The van der Waals surface area contributed by atoms with E-state index in [0.717, 1.165) is 53.7 Å². The average molecular weight is 342 g/mol. The lowest BCUT2D eigenvalue weighted by Crippen LogP contribution is -2.45. The molecule has 0 radical (unpaired) electrons. The predicted molar refractivity (Wildman–Crippen MR) is 103 cm³/mol. The minimum Gasteiger partial charge on any atom is -0.493 e. The highest BCUT2D eigenvalue weighted by molar-refractivity contribution is 5.81. The highest BCUT2D eigenvalue weighted by atomic mass is 16.5. The van der Waals surface area contributed by atoms with Crippen molar-refractivity contribution < 1.29 is 13.6 Å². The Morgan fingerprint density at radius 3 is 2.56 bits per heavy atom. The number of unbranched alkanes of at least 4 members (excludes halogenated alkanes) is 1. The van der Waals surface area contributed by atoms with Crippen LogP contribution in [0.3, 0.4) is 0 Å². The third kappa shape index (κ3) is 5.33. The molecule has 0 aliphatic carbocycles. The summed E-state index contributed by atoms with van der Waals surface area (Å²) in [4.78, 5) is 11.5. The molecular weight excluding hydrogens is 314 g/mol. The molecule has 0 saturated carbocycles. The summed E-state index contributed by atoms with van der Waals surface area (Å²) in [5, 5.41) is 0.939. The molecule has 4 nitrogen and oxygen atoms in total. The summed E-state index contributed by atoms with van der Waals surface area (Å²) in [5.41, 5.74) is 1.16. The Kier molecular flexibility index (Phi) is 6.59. The number of ether oxygens (including phenoxy) is 1. The van der Waals surface area contributed by atoms with E-state index in [4.69, 9.17) is 9.15 Å². The lowest BCUT2D eigenvalue weighted by atomic mass is 10.1. The van der Waals surface area contributed by atoms with Gasteiger partial charge in [-0.3, -0.25) is 0 Å². The van der Waals surface area contributed by atoms with Crippen molar-refractivity contribution in [3.8, 4) is 5.75 Å². The second-order valence-electron chi connectivity index (χ2n) is 6.75. The van der Waals surface area contributed by atoms with Gasteiger partial charge in [-0.1, -0.05) is 13.2 Å². The van der Waals surface area contributed by atoms with E-state index in [9.17, 15) is 4.79 Å². The van der Waals surface area contributed by atoms with Gasteiger partial charge in [-0.15, -0.1) is 0 Å². The molecule has 0 saturated heterocycles. The standard InChI is InChI=1S/C21H28NO3/c1-5-11-22(4,12-6-2)13-7-8-14-24-18-9-10-19-17(3)15-21(23)25-20(19)16-18/h5-6,9-10,15-16H,1-2,7-8,11-14H2,3-4H3/q+1. The molecule has 0 bridgehead atoms. The Balaban J connectivity index is 1.87. The number of hydrogen-bond acceptors (Lipinski definition) is 3. The van der Waals surface area contributed by atoms with Gasteiger partial charge in [0.15, 0.2) is 0 Å². The van der Waals surface area contributed by atoms with E-state index in [0.29, 0.717) is 12.2 Å². The van der Waals surface area contributed by atoms with Crippen molar-refractivity contribution in [3.63, 3.8) is 0 Å². The Hall–Kier alpha value is -2.33. The van der Waals surface area contributed by atoms with Crippen LogP contribution in [0.1, 0.15) is 18.4 Å². The summed E-state index contributed by atoms with van der Waals surface area (Å²) < 4.78 is 12.0. The maximum atomic E-state index is 11.5. The van der Waals surface area contributed by atoms with E-state index in [1.165, 1.54) is 6.07 Å². The third-order valence-corrected chi connectivity index (χ3v) is 4.42. The van der Waals surface area contributed by atoms with Crippen molar-refractivity contribution in [2.24, 2.45) is 0 Å². The molecule has 0 spiro atoms. The quantitative estimate of drug-likeness (QED) is 0.283. The molecule has 0 aliphatic rings. The van der Waals surface area contributed by atoms with Gasteiger partial charge < -0.3 is 13.6 Å². The van der Waals surface area contributed by atoms with Gasteiger partial charge in [-0.2, -0.15) is 0 Å². The topological polar surface area (TPSA) is 39.4 Å². The van der Waals surface area contributed by atoms with Gasteiger partial charge in [-0.05, 0) is 49.6 Å².